The van der Waals surface area contributed by atoms with E-state index in [9.17, 15) is 4.79 Å². The van der Waals surface area contributed by atoms with Gasteiger partial charge < -0.3 is 10.6 Å². The van der Waals surface area contributed by atoms with Crippen molar-refractivity contribution in [1.82, 2.24) is 9.88 Å². The summed E-state index contributed by atoms with van der Waals surface area (Å²) in [5.41, 5.74) is 7.48. The molecule has 2 heterocycles. The molecule has 2 N–H and O–H groups in total. The molecule has 1 aromatic carbocycles. The average molecular weight is 332 g/mol. The number of amides is 1. The molecule has 1 saturated heterocycles. The third kappa shape index (κ3) is 4.45. The van der Waals surface area contributed by atoms with Gasteiger partial charge in [0.2, 0.25) is 0 Å². The number of carbonyl (C=O) groups is 1. The Bertz CT molecular complexity index is 640. The third-order valence-corrected chi connectivity index (χ3v) is 4.26. The summed E-state index contributed by atoms with van der Waals surface area (Å²) < 4.78 is 0. The first-order valence-electron chi connectivity index (χ1n) is 7.78. The van der Waals surface area contributed by atoms with Gasteiger partial charge in [0, 0.05) is 13.1 Å². The van der Waals surface area contributed by atoms with E-state index in [0.717, 1.165) is 32.4 Å². The average Bonchev–Trinajstić information content (AvgIpc) is 2.56. The Kier molecular flexibility index (Phi) is 5.99. The molecule has 0 unspecified atom stereocenters. The van der Waals surface area contributed by atoms with Crippen molar-refractivity contribution in [3.05, 3.63) is 59.8 Å². The predicted molar refractivity (Wildman–Crippen MR) is 94.7 cm³/mol. The van der Waals surface area contributed by atoms with E-state index in [4.69, 9.17) is 5.73 Å². The number of aromatic nitrogens is 1. The summed E-state index contributed by atoms with van der Waals surface area (Å²) in [5.74, 6) is 1.04. The summed E-state index contributed by atoms with van der Waals surface area (Å²) in [4.78, 5) is 18.4. The van der Waals surface area contributed by atoms with Gasteiger partial charge in [-0.3, -0.25) is 4.79 Å². The van der Waals surface area contributed by atoms with E-state index >= 15 is 0 Å². The summed E-state index contributed by atoms with van der Waals surface area (Å²) in [6.07, 6.45) is 3.19. The molecule has 1 aromatic heterocycles. The number of benzene rings is 1. The van der Waals surface area contributed by atoms with E-state index in [0.29, 0.717) is 17.4 Å². The van der Waals surface area contributed by atoms with E-state index in [-0.39, 0.29) is 18.3 Å². The van der Waals surface area contributed by atoms with E-state index in [1.165, 1.54) is 5.56 Å². The summed E-state index contributed by atoms with van der Waals surface area (Å²) in [6, 6.07) is 15.8. The monoisotopic (exact) mass is 331 g/mol. The molecular formula is C18H22ClN3O. The quantitative estimate of drug-likeness (QED) is 0.939. The fourth-order valence-electron chi connectivity index (χ4n) is 3.02. The van der Waals surface area contributed by atoms with Gasteiger partial charge in [0.25, 0.3) is 5.91 Å². The molecule has 0 saturated carbocycles. The van der Waals surface area contributed by atoms with Gasteiger partial charge >= 0.3 is 0 Å². The van der Waals surface area contributed by atoms with Crippen LogP contribution in [0.5, 0.6) is 0 Å². The standard InChI is InChI=1S/C18H21N3O.ClH/c19-17-8-4-7-16(20-17)18(22)21-11-9-15(10-12-21)13-14-5-2-1-3-6-14;/h1-8,15H,9-13H2,(H2,19,20);1H. The highest BCUT2D eigenvalue weighted by molar-refractivity contribution is 5.92. The third-order valence-electron chi connectivity index (χ3n) is 4.26. The highest BCUT2D eigenvalue weighted by Gasteiger charge is 2.24. The van der Waals surface area contributed by atoms with Gasteiger partial charge in [0.05, 0.1) is 0 Å². The molecule has 122 valence electrons. The van der Waals surface area contributed by atoms with Gasteiger partial charge in [-0.2, -0.15) is 0 Å². The largest absolute Gasteiger partial charge is 0.384 e. The van der Waals surface area contributed by atoms with Gasteiger partial charge in [0.15, 0.2) is 0 Å². The zero-order valence-corrected chi connectivity index (χ0v) is 13.8. The zero-order valence-electron chi connectivity index (χ0n) is 13.0. The van der Waals surface area contributed by atoms with Crippen molar-refractivity contribution in [1.29, 1.82) is 0 Å². The van der Waals surface area contributed by atoms with Crippen LogP contribution in [0, 0.1) is 5.92 Å². The van der Waals surface area contributed by atoms with Gasteiger partial charge in [-0.25, -0.2) is 4.98 Å². The molecule has 0 spiro atoms. The zero-order chi connectivity index (χ0) is 15.4. The number of hydrogen-bond donors (Lipinski definition) is 1. The Morgan fingerprint density at radius 2 is 1.78 bits per heavy atom. The van der Waals surface area contributed by atoms with Crippen molar-refractivity contribution in [3.63, 3.8) is 0 Å². The lowest BCUT2D eigenvalue weighted by atomic mass is 9.90. The Balaban J connectivity index is 0.00000192. The molecule has 1 amide bonds. The number of nitrogens with two attached hydrogens (primary N) is 1. The minimum Gasteiger partial charge on any atom is -0.384 e. The molecule has 1 fully saturated rings. The van der Waals surface area contributed by atoms with Crippen molar-refractivity contribution in [3.8, 4) is 0 Å². The SMILES string of the molecule is Cl.Nc1cccc(C(=O)N2CCC(Cc3ccccc3)CC2)n1. The van der Waals surface area contributed by atoms with E-state index in [1.807, 2.05) is 11.0 Å². The molecule has 4 nitrogen and oxygen atoms in total. The molecule has 2 aromatic rings. The van der Waals surface area contributed by atoms with E-state index in [1.54, 1.807) is 18.2 Å². The van der Waals surface area contributed by atoms with Gasteiger partial charge in [-0.05, 0) is 42.9 Å². The first-order valence-corrected chi connectivity index (χ1v) is 7.78. The Hall–Kier alpha value is -2.07. The minimum atomic E-state index is -0.00883. The fourth-order valence-corrected chi connectivity index (χ4v) is 3.02. The minimum absolute atomic E-state index is 0. The molecular weight excluding hydrogens is 310 g/mol. The Morgan fingerprint density at radius 3 is 2.43 bits per heavy atom. The number of likely N-dealkylation sites (tertiary alicyclic amines) is 1. The van der Waals surface area contributed by atoms with Crippen molar-refractivity contribution >= 4 is 24.1 Å². The van der Waals surface area contributed by atoms with Crippen molar-refractivity contribution in [2.75, 3.05) is 18.8 Å². The number of nitrogen functional groups attached to an aromatic ring is 1. The molecule has 0 atom stereocenters. The highest BCUT2D eigenvalue weighted by Crippen LogP contribution is 2.22. The van der Waals surface area contributed by atoms with Crippen LogP contribution in [-0.4, -0.2) is 28.9 Å². The molecule has 5 heteroatoms. The second kappa shape index (κ2) is 7.97. The lowest BCUT2D eigenvalue weighted by molar-refractivity contribution is 0.0685. The van der Waals surface area contributed by atoms with Crippen molar-refractivity contribution in [2.45, 2.75) is 19.3 Å². The van der Waals surface area contributed by atoms with Crippen molar-refractivity contribution in [2.24, 2.45) is 5.92 Å². The van der Waals surface area contributed by atoms with Crippen LogP contribution in [0.3, 0.4) is 0 Å². The Morgan fingerprint density at radius 1 is 1.09 bits per heavy atom. The number of anilines is 1. The normalized spacial score (nSPS) is 15.0. The summed E-state index contributed by atoms with van der Waals surface area (Å²) >= 11 is 0. The summed E-state index contributed by atoms with van der Waals surface area (Å²) in [7, 11) is 0. The smallest absolute Gasteiger partial charge is 0.272 e. The molecule has 0 aliphatic carbocycles. The number of rotatable bonds is 3. The molecule has 3 rings (SSSR count). The van der Waals surface area contributed by atoms with Crippen LogP contribution in [-0.2, 0) is 6.42 Å². The van der Waals surface area contributed by atoms with Gasteiger partial charge in [-0.15, -0.1) is 12.4 Å². The second-order valence-electron chi connectivity index (χ2n) is 5.87. The van der Waals surface area contributed by atoms with Crippen LogP contribution in [0.4, 0.5) is 5.82 Å². The van der Waals surface area contributed by atoms with Crippen LogP contribution in [0.15, 0.2) is 48.5 Å². The number of halogens is 1. The Labute approximate surface area is 143 Å². The maximum atomic E-state index is 12.4. The maximum absolute atomic E-state index is 12.4. The number of carbonyl (C=O) groups excluding carboxylic acids is 1. The van der Waals surface area contributed by atoms with E-state index < -0.39 is 0 Å². The second-order valence-corrected chi connectivity index (χ2v) is 5.87. The number of hydrogen-bond acceptors (Lipinski definition) is 3. The molecule has 23 heavy (non-hydrogen) atoms. The van der Waals surface area contributed by atoms with Crippen LogP contribution in [0.1, 0.15) is 28.9 Å². The van der Waals surface area contributed by atoms with Crippen molar-refractivity contribution < 1.29 is 4.79 Å². The van der Waals surface area contributed by atoms with Crippen LogP contribution in [0.25, 0.3) is 0 Å². The summed E-state index contributed by atoms with van der Waals surface area (Å²) in [6.45, 7) is 1.60. The first kappa shape index (κ1) is 17.3. The molecule has 1 aliphatic rings. The maximum Gasteiger partial charge on any atom is 0.272 e. The van der Waals surface area contributed by atoms with Crippen LogP contribution < -0.4 is 5.73 Å². The first-order chi connectivity index (χ1) is 10.7. The fraction of sp³-hybridized carbons (Fsp3) is 0.333. The topological polar surface area (TPSA) is 59.2 Å². The molecule has 0 radical (unpaired) electrons. The van der Waals surface area contributed by atoms with E-state index in [2.05, 4.69) is 29.2 Å². The lowest BCUT2D eigenvalue weighted by Crippen LogP contribution is -2.39. The predicted octanol–water partition coefficient (Wildman–Crippen LogP) is 3.18. The number of nitrogens with zero attached hydrogens (tertiary/aromatic N) is 2. The van der Waals surface area contributed by atoms with Gasteiger partial charge in [-0.1, -0.05) is 36.4 Å². The van der Waals surface area contributed by atoms with Crippen LogP contribution in [0.2, 0.25) is 0 Å². The lowest BCUT2D eigenvalue weighted by Gasteiger charge is -2.32. The van der Waals surface area contributed by atoms with Gasteiger partial charge in [0.1, 0.15) is 11.5 Å². The van der Waals surface area contributed by atoms with Crippen LogP contribution >= 0.6 is 12.4 Å². The molecule has 1 aliphatic heterocycles. The highest BCUT2D eigenvalue weighted by atomic mass is 35.5. The number of piperidine rings is 1. The molecule has 0 bridgehead atoms. The summed E-state index contributed by atoms with van der Waals surface area (Å²) in [5, 5.41) is 0. The number of pyridine rings is 1.